The number of nitrogen functional groups attached to an aromatic ring is 1. The summed E-state index contributed by atoms with van der Waals surface area (Å²) in [5.74, 6) is -1.18. The van der Waals surface area contributed by atoms with E-state index in [1.165, 1.54) is 19.1 Å². The Bertz CT molecular complexity index is 429. The molecule has 0 saturated heterocycles. The lowest BCUT2D eigenvalue weighted by Crippen LogP contribution is -2.24. The van der Waals surface area contributed by atoms with Crippen LogP contribution < -0.4 is 11.1 Å². The molecule has 86 valence electrons. The first-order valence-corrected chi connectivity index (χ1v) is 4.81. The zero-order valence-electron chi connectivity index (χ0n) is 9.15. The normalized spacial score (nSPS) is 11.9. The second kappa shape index (κ2) is 4.65. The Labute approximate surface area is 93.3 Å². The smallest absolute Gasteiger partial charge is 0.335 e. The van der Waals surface area contributed by atoms with Crippen LogP contribution in [0.2, 0.25) is 0 Å². The summed E-state index contributed by atoms with van der Waals surface area (Å²) in [6.45, 7) is 3.20. The Morgan fingerprint density at radius 1 is 1.44 bits per heavy atom. The minimum absolute atomic E-state index is 0.135. The molecule has 1 amide bonds. The number of nitrogens with two attached hydrogens (primary N) is 1. The molecule has 5 nitrogen and oxygen atoms in total. The van der Waals surface area contributed by atoms with Crippen LogP contribution >= 0.6 is 0 Å². The molecule has 0 aliphatic carbocycles. The summed E-state index contributed by atoms with van der Waals surface area (Å²) in [7, 11) is 0. The Balaban J connectivity index is 2.98. The van der Waals surface area contributed by atoms with Gasteiger partial charge >= 0.3 is 5.97 Å². The molecule has 0 saturated carbocycles. The van der Waals surface area contributed by atoms with Gasteiger partial charge in [0, 0.05) is 12.6 Å². The summed E-state index contributed by atoms with van der Waals surface area (Å²) in [4.78, 5) is 21.6. The molecule has 1 rings (SSSR count). The van der Waals surface area contributed by atoms with Gasteiger partial charge < -0.3 is 16.2 Å². The van der Waals surface area contributed by atoms with Crippen molar-refractivity contribution in [3.63, 3.8) is 0 Å². The standard InChI is InChI=1S/C11H14N2O3/c1-6(13-7(2)14)9-4-3-8(11(15)16)5-10(9)12/h3-6H,12H2,1-2H3,(H,13,14)(H,15,16)/t6-/m0/s1. The van der Waals surface area contributed by atoms with Crippen molar-refractivity contribution >= 4 is 17.6 Å². The van der Waals surface area contributed by atoms with Crippen molar-refractivity contribution in [1.82, 2.24) is 5.32 Å². The summed E-state index contributed by atoms with van der Waals surface area (Å²) in [6, 6.07) is 4.22. The number of carboxylic acid groups (broad SMARTS) is 1. The first-order chi connectivity index (χ1) is 7.41. The molecule has 4 N–H and O–H groups in total. The van der Waals surface area contributed by atoms with Crippen LogP contribution in [-0.2, 0) is 4.79 Å². The van der Waals surface area contributed by atoms with Crippen molar-refractivity contribution in [3.05, 3.63) is 29.3 Å². The molecular weight excluding hydrogens is 208 g/mol. The Hall–Kier alpha value is -2.04. The zero-order chi connectivity index (χ0) is 12.3. The fraction of sp³-hybridized carbons (Fsp3) is 0.273. The number of anilines is 1. The maximum Gasteiger partial charge on any atom is 0.335 e. The second-order valence-corrected chi connectivity index (χ2v) is 3.57. The van der Waals surface area contributed by atoms with E-state index < -0.39 is 5.97 Å². The summed E-state index contributed by atoms with van der Waals surface area (Å²) in [5.41, 5.74) is 6.93. The van der Waals surface area contributed by atoms with E-state index in [0.717, 1.165) is 0 Å². The van der Waals surface area contributed by atoms with E-state index in [1.54, 1.807) is 13.0 Å². The van der Waals surface area contributed by atoms with Gasteiger partial charge in [-0.1, -0.05) is 6.07 Å². The van der Waals surface area contributed by atoms with E-state index in [-0.39, 0.29) is 17.5 Å². The van der Waals surface area contributed by atoms with Crippen molar-refractivity contribution in [2.24, 2.45) is 0 Å². The largest absolute Gasteiger partial charge is 0.478 e. The quantitative estimate of drug-likeness (QED) is 0.669. The Kier molecular flexibility index (Phi) is 3.50. The van der Waals surface area contributed by atoms with Crippen LogP contribution in [0.4, 0.5) is 5.69 Å². The van der Waals surface area contributed by atoms with Crippen molar-refractivity contribution < 1.29 is 14.7 Å². The first kappa shape index (κ1) is 12.0. The molecule has 0 radical (unpaired) electrons. The zero-order valence-corrected chi connectivity index (χ0v) is 9.15. The molecule has 5 heteroatoms. The fourth-order valence-electron chi connectivity index (χ4n) is 1.48. The van der Waals surface area contributed by atoms with Crippen LogP contribution in [0, 0.1) is 0 Å². The van der Waals surface area contributed by atoms with Crippen molar-refractivity contribution in [2.45, 2.75) is 19.9 Å². The molecule has 0 fully saturated rings. The molecule has 0 aliphatic rings. The summed E-state index contributed by atoms with van der Waals surface area (Å²) < 4.78 is 0. The third-order valence-corrected chi connectivity index (χ3v) is 2.22. The van der Waals surface area contributed by atoms with Crippen LogP contribution in [-0.4, -0.2) is 17.0 Å². The number of hydrogen-bond donors (Lipinski definition) is 3. The predicted octanol–water partition coefficient (Wildman–Crippen LogP) is 1.16. The Morgan fingerprint density at radius 3 is 2.50 bits per heavy atom. The van der Waals surface area contributed by atoms with Crippen molar-refractivity contribution in [2.75, 3.05) is 5.73 Å². The lowest BCUT2D eigenvalue weighted by atomic mass is 10.0. The van der Waals surface area contributed by atoms with E-state index in [4.69, 9.17) is 10.8 Å². The molecule has 0 aromatic heterocycles. The molecule has 0 spiro atoms. The van der Waals surface area contributed by atoms with Crippen molar-refractivity contribution in [1.29, 1.82) is 0 Å². The third kappa shape index (κ3) is 2.73. The van der Waals surface area contributed by atoms with Gasteiger partial charge in [-0.05, 0) is 24.6 Å². The average Bonchev–Trinajstić information content (AvgIpc) is 2.15. The fourth-order valence-corrected chi connectivity index (χ4v) is 1.48. The van der Waals surface area contributed by atoms with E-state index in [9.17, 15) is 9.59 Å². The van der Waals surface area contributed by atoms with E-state index in [2.05, 4.69) is 5.32 Å². The number of hydrogen-bond acceptors (Lipinski definition) is 3. The number of carboxylic acids is 1. The number of nitrogens with one attached hydrogen (secondary N) is 1. The molecule has 1 atom stereocenters. The maximum absolute atomic E-state index is 10.9. The van der Waals surface area contributed by atoms with E-state index in [0.29, 0.717) is 11.3 Å². The molecule has 1 aromatic rings. The summed E-state index contributed by atoms with van der Waals surface area (Å²) >= 11 is 0. The van der Waals surface area contributed by atoms with Gasteiger partial charge in [0.25, 0.3) is 0 Å². The molecule has 16 heavy (non-hydrogen) atoms. The van der Waals surface area contributed by atoms with Crippen LogP contribution in [0.15, 0.2) is 18.2 Å². The lowest BCUT2D eigenvalue weighted by molar-refractivity contribution is -0.119. The SMILES string of the molecule is CC(=O)N[C@@H](C)c1ccc(C(=O)O)cc1N. The first-order valence-electron chi connectivity index (χ1n) is 4.81. The molecule has 0 heterocycles. The highest BCUT2D eigenvalue weighted by molar-refractivity contribution is 5.89. The number of carbonyl (C=O) groups is 2. The van der Waals surface area contributed by atoms with Gasteiger partial charge in [-0.2, -0.15) is 0 Å². The summed E-state index contributed by atoms with van der Waals surface area (Å²) in [6.07, 6.45) is 0. The second-order valence-electron chi connectivity index (χ2n) is 3.57. The predicted molar refractivity (Wildman–Crippen MR) is 60.0 cm³/mol. The van der Waals surface area contributed by atoms with Gasteiger partial charge in [0.2, 0.25) is 5.91 Å². The number of carbonyl (C=O) groups excluding carboxylic acids is 1. The molecule has 0 unspecified atom stereocenters. The minimum Gasteiger partial charge on any atom is -0.478 e. The minimum atomic E-state index is -1.02. The van der Waals surface area contributed by atoms with Crippen LogP contribution in [0.5, 0.6) is 0 Å². The highest BCUT2D eigenvalue weighted by Gasteiger charge is 2.12. The number of rotatable bonds is 3. The van der Waals surface area contributed by atoms with Gasteiger partial charge in [-0.25, -0.2) is 4.79 Å². The van der Waals surface area contributed by atoms with Crippen molar-refractivity contribution in [3.8, 4) is 0 Å². The monoisotopic (exact) mass is 222 g/mol. The third-order valence-electron chi connectivity index (χ3n) is 2.22. The molecule has 1 aromatic carbocycles. The molecular formula is C11H14N2O3. The topological polar surface area (TPSA) is 92.4 Å². The molecule has 0 bridgehead atoms. The van der Waals surface area contributed by atoms with Gasteiger partial charge in [0.1, 0.15) is 0 Å². The number of benzene rings is 1. The van der Waals surface area contributed by atoms with Crippen LogP contribution in [0.1, 0.15) is 35.8 Å². The van der Waals surface area contributed by atoms with Gasteiger partial charge in [-0.3, -0.25) is 4.79 Å². The summed E-state index contributed by atoms with van der Waals surface area (Å²) in [5, 5.41) is 11.4. The van der Waals surface area contributed by atoms with Crippen LogP contribution in [0.3, 0.4) is 0 Å². The average molecular weight is 222 g/mol. The number of aromatic carboxylic acids is 1. The maximum atomic E-state index is 10.9. The van der Waals surface area contributed by atoms with Gasteiger partial charge in [0.15, 0.2) is 0 Å². The van der Waals surface area contributed by atoms with E-state index in [1.807, 2.05) is 0 Å². The van der Waals surface area contributed by atoms with Crippen LogP contribution in [0.25, 0.3) is 0 Å². The highest BCUT2D eigenvalue weighted by atomic mass is 16.4. The number of amides is 1. The van der Waals surface area contributed by atoms with Gasteiger partial charge in [0.05, 0.1) is 11.6 Å². The van der Waals surface area contributed by atoms with E-state index >= 15 is 0 Å². The lowest BCUT2D eigenvalue weighted by Gasteiger charge is -2.15. The Morgan fingerprint density at radius 2 is 2.06 bits per heavy atom. The van der Waals surface area contributed by atoms with Gasteiger partial charge in [-0.15, -0.1) is 0 Å². The molecule has 0 aliphatic heterocycles. The highest BCUT2D eigenvalue weighted by Crippen LogP contribution is 2.21.